The lowest BCUT2D eigenvalue weighted by Crippen LogP contribution is -1.99. The predicted octanol–water partition coefficient (Wildman–Crippen LogP) is 2.15. The first-order valence-electron chi connectivity index (χ1n) is 5.36. The van der Waals surface area contributed by atoms with Crippen LogP contribution in [0.3, 0.4) is 0 Å². The highest BCUT2D eigenvalue weighted by atomic mass is 14.9. The van der Waals surface area contributed by atoms with E-state index >= 15 is 0 Å². The van der Waals surface area contributed by atoms with Gasteiger partial charge in [-0.15, -0.1) is 0 Å². The highest BCUT2D eigenvalue weighted by Gasteiger charge is 1.98. The molecule has 16 heavy (non-hydrogen) atoms. The van der Waals surface area contributed by atoms with E-state index < -0.39 is 0 Å². The van der Waals surface area contributed by atoms with E-state index in [1.165, 1.54) is 11.1 Å². The van der Waals surface area contributed by atoms with E-state index in [2.05, 4.69) is 41.2 Å². The van der Waals surface area contributed by atoms with Crippen molar-refractivity contribution in [1.82, 2.24) is 9.97 Å². The highest BCUT2D eigenvalue weighted by molar-refractivity contribution is 5.30. The normalized spacial score (nSPS) is 10.3. The monoisotopic (exact) mass is 213 g/mol. The zero-order chi connectivity index (χ0) is 11.4. The maximum Gasteiger partial charge on any atom is 0.128 e. The van der Waals surface area contributed by atoms with Gasteiger partial charge in [-0.25, -0.2) is 9.97 Å². The Labute approximate surface area is 95.4 Å². The molecule has 3 nitrogen and oxygen atoms in total. The number of aromatic nitrogens is 2. The number of hydrogen-bond acceptors (Lipinski definition) is 3. The molecule has 0 radical (unpaired) electrons. The van der Waals surface area contributed by atoms with Gasteiger partial charge in [-0.3, -0.25) is 0 Å². The van der Waals surface area contributed by atoms with E-state index in [0.29, 0.717) is 5.69 Å². The van der Waals surface area contributed by atoms with Crippen LogP contribution in [0.4, 0.5) is 5.69 Å². The van der Waals surface area contributed by atoms with Crippen LogP contribution in [-0.4, -0.2) is 9.97 Å². The fraction of sp³-hybridized carbons (Fsp3) is 0.231. The van der Waals surface area contributed by atoms with E-state index in [4.69, 9.17) is 5.73 Å². The minimum atomic E-state index is 0.610. The summed E-state index contributed by atoms with van der Waals surface area (Å²) in [6, 6.07) is 8.54. The summed E-state index contributed by atoms with van der Waals surface area (Å²) in [7, 11) is 0. The van der Waals surface area contributed by atoms with Crippen molar-refractivity contribution < 1.29 is 0 Å². The first-order chi connectivity index (χ1) is 7.74. The summed E-state index contributed by atoms with van der Waals surface area (Å²) < 4.78 is 0. The smallest absolute Gasteiger partial charge is 0.128 e. The third kappa shape index (κ3) is 2.79. The zero-order valence-corrected chi connectivity index (χ0v) is 9.35. The van der Waals surface area contributed by atoms with Gasteiger partial charge in [0.25, 0.3) is 0 Å². The first-order valence-corrected chi connectivity index (χ1v) is 5.36. The minimum Gasteiger partial charge on any atom is -0.396 e. The zero-order valence-electron chi connectivity index (χ0n) is 9.35. The Morgan fingerprint density at radius 1 is 1.00 bits per heavy atom. The third-order valence-electron chi connectivity index (χ3n) is 2.48. The van der Waals surface area contributed by atoms with Crippen molar-refractivity contribution in [3.63, 3.8) is 0 Å². The third-order valence-corrected chi connectivity index (χ3v) is 2.48. The standard InChI is InChI=1S/C13H15N3/c1-10-2-4-11(5-3-10)6-7-13-15-8-12(14)9-16-13/h2-5,8-9H,6-7,14H2,1H3. The number of benzene rings is 1. The average molecular weight is 213 g/mol. The maximum absolute atomic E-state index is 5.53. The molecule has 3 heteroatoms. The molecular weight excluding hydrogens is 198 g/mol. The van der Waals surface area contributed by atoms with Gasteiger partial charge in [0, 0.05) is 6.42 Å². The molecule has 0 unspecified atom stereocenters. The van der Waals surface area contributed by atoms with Gasteiger partial charge in [-0.1, -0.05) is 29.8 Å². The predicted molar refractivity (Wildman–Crippen MR) is 65.0 cm³/mol. The highest BCUT2D eigenvalue weighted by Crippen LogP contribution is 2.06. The molecule has 2 rings (SSSR count). The van der Waals surface area contributed by atoms with E-state index in [-0.39, 0.29) is 0 Å². The molecule has 82 valence electrons. The van der Waals surface area contributed by atoms with Crippen molar-refractivity contribution in [2.75, 3.05) is 5.73 Å². The summed E-state index contributed by atoms with van der Waals surface area (Å²) in [6.45, 7) is 2.09. The van der Waals surface area contributed by atoms with E-state index in [1.807, 2.05) is 0 Å². The van der Waals surface area contributed by atoms with Gasteiger partial charge in [-0.2, -0.15) is 0 Å². The van der Waals surface area contributed by atoms with Crippen LogP contribution < -0.4 is 5.73 Å². The molecule has 0 aliphatic carbocycles. The molecule has 0 amide bonds. The minimum absolute atomic E-state index is 0.610. The van der Waals surface area contributed by atoms with Gasteiger partial charge in [0.1, 0.15) is 5.82 Å². The fourth-order valence-electron chi connectivity index (χ4n) is 1.50. The quantitative estimate of drug-likeness (QED) is 0.850. The number of nitrogens with two attached hydrogens (primary N) is 1. The average Bonchev–Trinajstić information content (AvgIpc) is 2.30. The van der Waals surface area contributed by atoms with Crippen LogP contribution in [0, 0.1) is 6.92 Å². The van der Waals surface area contributed by atoms with Gasteiger partial charge in [0.2, 0.25) is 0 Å². The van der Waals surface area contributed by atoms with Crippen molar-refractivity contribution in [1.29, 1.82) is 0 Å². The van der Waals surface area contributed by atoms with Crippen LogP contribution in [0.5, 0.6) is 0 Å². The molecule has 0 bridgehead atoms. The summed E-state index contributed by atoms with van der Waals surface area (Å²) in [5.41, 5.74) is 8.73. The molecular formula is C13H15N3. The van der Waals surface area contributed by atoms with Gasteiger partial charge in [-0.05, 0) is 18.9 Å². The first kappa shape index (κ1) is 10.6. The van der Waals surface area contributed by atoms with Crippen LogP contribution in [0.2, 0.25) is 0 Å². The Morgan fingerprint density at radius 2 is 1.62 bits per heavy atom. The molecule has 0 aliphatic heterocycles. The molecule has 0 aliphatic rings. The van der Waals surface area contributed by atoms with Crippen molar-refractivity contribution >= 4 is 5.69 Å². The Balaban J connectivity index is 1.97. The molecule has 0 fully saturated rings. The van der Waals surface area contributed by atoms with Crippen LogP contribution in [0.1, 0.15) is 17.0 Å². The molecule has 1 aromatic carbocycles. The molecule has 1 heterocycles. The van der Waals surface area contributed by atoms with Gasteiger partial charge in [0.15, 0.2) is 0 Å². The number of nitrogen functional groups attached to an aromatic ring is 1. The van der Waals surface area contributed by atoms with E-state index in [9.17, 15) is 0 Å². The number of rotatable bonds is 3. The molecule has 2 aromatic rings. The molecule has 0 saturated carbocycles. The molecule has 0 spiro atoms. The number of aryl methyl sites for hydroxylation is 3. The summed E-state index contributed by atoms with van der Waals surface area (Å²) in [5.74, 6) is 0.842. The van der Waals surface area contributed by atoms with Crippen LogP contribution in [0.15, 0.2) is 36.7 Å². The second kappa shape index (κ2) is 4.75. The second-order valence-corrected chi connectivity index (χ2v) is 3.92. The number of hydrogen-bond donors (Lipinski definition) is 1. The van der Waals surface area contributed by atoms with E-state index in [1.54, 1.807) is 12.4 Å². The topological polar surface area (TPSA) is 51.8 Å². The Bertz CT molecular complexity index is 400. The molecule has 0 atom stereocenters. The lowest BCUT2D eigenvalue weighted by Gasteiger charge is -2.01. The van der Waals surface area contributed by atoms with Gasteiger partial charge in [0.05, 0.1) is 18.1 Å². The SMILES string of the molecule is Cc1ccc(CCc2ncc(N)cn2)cc1. The van der Waals surface area contributed by atoms with E-state index in [0.717, 1.165) is 18.7 Å². The second-order valence-electron chi connectivity index (χ2n) is 3.92. The lowest BCUT2D eigenvalue weighted by molar-refractivity contribution is 0.859. The van der Waals surface area contributed by atoms with Crippen LogP contribution in [-0.2, 0) is 12.8 Å². The maximum atomic E-state index is 5.53. The van der Waals surface area contributed by atoms with Gasteiger partial charge >= 0.3 is 0 Å². The molecule has 1 aromatic heterocycles. The van der Waals surface area contributed by atoms with Gasteiger partial charge < -0.3 is 5.73 Å². The van der Waals surface area contributed by atoms with Crippen molar-refractivity contribution in [2.45, 2.75) is 19.8 Å². The lowest BCUT2D eigenvalue weighted by atomic mass is 10.1. The summed E-state index contributed by atoms with van der Waals surface area (Å²) in [4.78, 5) is 8.35. The van der Waals surface area contributed by atoms with Crippen LogP contribution in [0.25, 0.3) is 0 Å². The number of anilines is 1. The van der Waals surface area contributed by atoms with Crippen molar-refractivity contribution in [3.05, 3.63) is 53.6 Å². The van der Waals surface area contributed by atoms with Crippen molar-refractivity contribution in [2.24, 2.45) is 0 Å². The Hall–Kier alpha value is -1.90. The number of nitrogens with zero attached hydrogens (tertiary/aromatic N) is 2. The summed E-state index contributed by atoms with van der Waals surface area (Å²) >= 11 is 0. The Kier molecular flexibility index (Phi) is 3.15. The van der Waals surface area contributed by atoms with Crippen LogP contribution >= 0.6 is 0 Å². The Morgan fingerprint density at radius 3 is 2.25 bits per heavy atom. The summed E-state index contributed by atoms with van der Waals surface area (Å²) in [6.07, 6.45) is 5.11. The molecule has 0 saturated heterocycles. The molecule has 2 N–H and O–H groups in total. The fourth-order valence-corrected chi connectivity index (χ4v) is 1.50. The summed E-state index contributed by atoms with van der Waals surface area (Å²) in [5, 5.41) is 0. The largest absolute Gasteiger partial charge is 0.396 e. The van der Waals surface area contributed by atoms with Crippen molar-refractivity contribution in [3.8, 4) is 0 Å².